The molecule has 8 heteroatoms. The number of pyridine rings is 1. The summed E-state index contributed by atoms with van der Waals surface area (Å²) in [7, 11) is -4.08. The average Bonchev–Trinajstić information content (AvgIpc) is 2.56. The average molecular weight is 377 g/mol. The summed E-state index contributed by atoms with van der Waals surface area (Å²) in [6, 6.07) is 12.1. The normalized spacial score (nSPS) is 11.3. The summed E-state index contributed by atoms with van der Waals surface area (Å²) in [5, 5.41) is 3.33. The van der Waals surface area contributed by atoms with E-state index in [1.807, 2.05) is 0 Å². The lowest BCUT2D eigenvalue weighted by molar-refractivity contribution is -0.114. The van der Waals surface area contributed by atoms with Gasteiger partial charge in [0.15, 0.2) is 0 Å². The minimum atomic E-state index is -4.08. The number of nitrogens with one attached hydrogen (secondary N) is 1. The molecule has 0 bridgehead atoms. The van der Waals surface area contributed by atoms with Crippen LogP contribution in [0, 0.1) is 0 Å². The van der Waals surface area contributed by atoms with E-state index in [-0.39, 0.29) is 16.6 Å². The van der Waals surface area contributed by atoms with E-state index in [0.717, 1.165) is 0 Å². The van der Waals surface area contributed by atoms with Crippen LogP contribution in [0.4, 0.5) is 5.69 Å². The molecule has 1 N–H and O–H groups in total. The van der Waals surface area contributed by atoms with Crippen molar-refractivity contribution in [2.45, 2.75) is 11.8 Å². The third kappa shape index (κ3) is 3.72. The van der Waals surface area contributed by atoms with E-state index >= 15 is 0 Å². The van der Waals surface area contributed by atoms with Crippen LogP contribution in [-0.4, -0.2) is 19.3 Å². The molecule has 0 spiro atoms. The first-order chi connectivity index (χ1) is 11.9. The maximum atomic E-state index is 12.6. The zero-order valence-corrected chi connectivity index (χ0v) is 14.6. The SMILES string of the molecule is CC(=O)Nc1ccc(OS(=O)(=O)c2ccc(Cl)c3ncccc23)cc1. The molecular formula is C17H13ClN2O4S. The lowest BCUT2D eigenvalue weighted by Gasteiger charge is -2.10. The molecule has 6 nitrogen and oxygen atoms in total. The molecule has 0 fully saturated rings. The first-order valence-electron chi connectivity index (χ1n) is 7.22. The van der Waals surface area contributed by atoms with Gasteiger partial charge in [0.2, 0.25) is 5.91 Å². The molecule has 0 unspecified atom stereocenters. The molecule has 0 radical (unpaired) electrons. The highest BCUT2D eigenvalue weighted by atomic mass is 35.5. The fourth-order valence-electron chi connectivity index (χ4n) is 2.30. The van der Waals surface area contributed by atoms with Crippen LogP contribution < -0.4 is 9.50 Å². The fraction of sp³-hybridized carbons (Fsp3) is 0.0588. The number of halogens is 1. The number of fused-ring (bicyclic) bond motifs is 1. The van der Waals surface area contributed by atoms with Crippen LogP contribution in [0.5, 0.6) is 5.75 Å². The Labute approximate surface area is 149 Å². The van der Waals surface area contributed by atoms with Crippen LogP contribution in [0.3, 0.4) is 0 Å². The van der Waals surface area contributed by atoms with E-state index in [1.54, 1.807) is 24.3 Å². The summed E-state index contributed by atoms with van der Waals surface area (Å²) in [6.07, 6.45) is 1.53. The highest BCUT2D eigenvalue weighted by Gasteiger charge is 2.21. The van der Waals surface area contributed by atoms with E-state index in [2.05, 4.69) is 10.3 Å². The Morgan fingerprint density at radius 3 is 2.52 bits per heavy atom. The second-order valence-corrected chi connectivity index (χ2v) is 7.11. The molecule has 128 valence electrons. The number of nitrogens with zero attached hydrogens (tertiary/aromatic N) is 1. The Hall–Kier alpha value is -2.64. The van der Waals surface area contributed by atoms with Crippen molar-refractivity contribution in [2.75, 3.05) is 5.32 Å². The van der Waals surface area contributed by atoms with Crippen molar-refractivity contribution in [3.8, 4) is 5.75 Å². The van der Waals surface area contributed by atoms with Gasteiger partial charge in [-0.05, 0) is 48.5 Å². The number of amides is 1. The summed E-state index contributed by atoms with van der Waals surface area (Å²) in [4.78, 5) is 15.1. The van der Waals surface area contributed by atoms with Crippen LogP contribution in [-0.2, 0) is 14.9 Å². The van der Waals surface area contributed by atoms with Gasteiger partial charge in [-0.1, -0.05) is 11.6 Å². The van der Waals surface area contributed by atoms with Gasteiger partial charge in [-0.25, -0.2) is 0 Å². The third-order valence-electron chi connectivity index (χ3n) is 3.33. The first kappa shape index (κ1) is 17.2. The standard InChI is InChI=1S/C17H13ClN2O4S/c1-11(21)20-12-4-6-13(7-5-12)24-25(22,23)16-9-8-15(18)17-14(16)3-2-10-19-17/h2-10H,1H3,(H,20,21). The first-order valence-corrected chi connectivity index (χ1v) is 9.01. The van der Waals surface area contributed by atoms with Crippen LogP contribution in [0.2, 0.25) is 5.02 Å². The minimum absolute atomic E-state index is 0.0223. The van der Waals surface area contributed by atoms with Crippen molar-refractivity contribution in [3.63, 3.8) is 0 Å². The van der Waals surface area contributed by atoms with Gasteiger partial charge >= 0.3 is 10.1 Å². The Morgan fingerprint density at radius 1 is 1.12 bits per heavy atom. The number of aromatic nitrogens is 1. The van der Waals surface area contributed by atoms with Gasteiger partial charge in [-0.15, -0.1) is 0 Å². The van der Waals surface area contributed by atoms with Crippen molar-refractivity contribution in [1.29, 1.82) is 0 Å². The van der Waals surface area contributed by atoms with Crippen molar-refractivity contribution in [1.82, 2.24) is 4.98 Å². The lowest BCUT2D eigenvalue weighted by Crippen LogP contribution is -2.11. The van der Waals surface area contributed by atoms with E-state index in [1.165, 1.54) is 37.4 Å². The Morgan fingerprint density at radius 2 is 1.84 bits per heavy atom. The molecule has 0 aliphatic carbocycles. The highest BCUT2D eigenvalue weighted by molar-refractivity contribution is 7.87. The van der Waals surface area contributed by atoms with E-state index in [9.17, 15) is 13.2 Å². The molecule has 0 saturated carbocycles. The summed E-state index contributed by atoms with van der Waals surface area (Å²) >= 11 is 6.07. The summed E-state index contributed by atoms with van der Waals surface area (Å²) in [5.41, 5.74) is 0.924. The summed E-state index contributed by atoms with van der Waals surface area (Å²) in [6.45, 7) is 1.38. The third-order valence-corrected chi connectivity index (χ3v) is 4.94. The van der Waals surface area contributed by atoms with Crippen LogP contribution in [0.1, 0.15) is 6.92 Å². The molecule has 1 aromatic heterocycles. The van der Waals surface area contributed by atoms with E-state index < -0.39 is 10.1 Å². The minimum Gasteiger partial charge on any atom is -0.379 e. The lowest BCUT2D eigenvalue weighted by atomic mass is 10.2. The van der Waals surface area contributed by atoms with Gasteiger partial charge in [-0.3, -0.25) is 9.78 Å². The van der Waals surface area contributed by atoms with Crippen molar-refractivity contribution >= 4 is 44.2 Å². The van der Waals surface area contributed by atoms with Crippen molar-refractivity contribution in [3.05, 3.63) is 59.8 Å². The Kier molecular flexibility index (Phi) is 4.61. The van der Waals surface area contributed by atoms with E-state index in [4.69, 9.17) is 15.8 Å². The van der Waals surface area contributed by atoms with Gasteiger partial charge in [0, 0.05) is 24.2 Å². The number of carbonyl (C=O) groups excluding carboxylic acids is 1. The maximum absolute atomic E-state index is 12.6. The molecular weight excluding hydrogens is 364 g/mol. The molecule has 2 aromatic carbocycles. The largest absolute Gasteiger partial charge is 0.379 e. The molecule has 3 aromatic rings. The van der Waals surface area contributed by atoms with E-state index in [0.29, 0.717) is 21.6 Å². The summed E-state index contributed by atoms with van der Waals surface area (Å²) < 4.78 is 30.4. The van der Waals surface area contributed by atoms with Crippen LogP contribution >= 0.6 is 11.6 Å². The zero-order chi connectivity index (χ0) is 18.0. The Bertz CT molecular complexity index is 1050. The van der Waals surface area contributed by atoms with Crippen molar-refractivity contribution in [2.24, 2.45) is 0 Å². The van der Waals surface area contributed by atoms with Crippen molar-refractivity contribution < 1.29 is 17.4 Å². The van der Waals surface area contributed by atoms with Gasteiger partial charge in [0.1, 0.15) is 10.6 Å². The smallest absolute Gasteiger partial charge is 0.339 e. The molecule has 25 heavy (non-hydrogen) atoms. The predicted octanol–water partition coefficient (Wildman–Crippen LogP) is 3.61. The monoisotopic (exact) mass is 376 g/mol. The zero-order valence-electron chi connectivity index (χ0n) is 13.1. The maximum Gasteiger partial charge on any atom is 0.339 e. The number of hydrogen-bond acceptors (Lipinski definition) is 5. The molecule has 3 rings (SSSR count). The quantitative estimate of drug-likeness (QED) is 0.703. The number of benzene rings is 2. The number of anilines is 1. The van der Waals surface area contributed by atoms with Gasteiger partial charge in [-0.2, -0.15) is 8.42 Å². The summed E-state index contributed by atoms with van der Waals surface area (Å²) in [5.74, 6) is -0.0949. The predicted molar refractivity (Wildman–Crippen MR) is 95.3 cm³/mol. The number of carbonyl (C=O) groups is 1. The van der Waals surface area contributed by atoms with Gasteiger partial charge < -0.3 is 9.50 Å². The molecule has 0 saturated heterocycles. The second-order valence-electron chi connectivity index (χ2n) is 5.19. The molecule has 1 heterocycles. The highest BCUT2D eigenvalue weighted by Crippen LogP contribution is 2.29. The molecule has 1 amide bonds. The molecule has 0 aliphatic rings. The van der Waals surface area contributed by atoms with Crippen LogP contribution in [0.25, 0.3) is 10.9 Å². The van der Waals surface area contributed by atoms with Crippen LogP contribution in [0.15, 0.2) is 59.6 Å². The number of hydrogen-bond donors (Lipinski definition) is 1. The van der Waals surface area contributed by atoms with Gasteiger partial charge in [0.05, 0.1) is 10.5 Å². The topological polar surface area (TPSA) is 85.4 Å². The molecule has 0 atom stereocenters. The number of rotatable bonds is 4. The Balaban J connectivity index is 1.95. The molecule has 0 aliphatic heterocycles. The van der Waals surface area contributed by atoms with Gasteiger partial charge in [0.25, 0.3) is 0 Å². The fourth-order valence-corrected chi connectivity index (χ4v) is 3.64. The second kappa shape index (κ2) is 6.70.